The molecule has 2 N–H and O–H groups in total. The van der Waals surface area contributed by atoms with Crippen molar-refractivity contribution in [2.24, 2.45) is 0 Å². The Morgan fingerprint density at radius 1 is 1.20 bits per heavy atom. The van der Waals surface area contributed by atoms with E-state index in [9.17, 15) is 4.79 Å². The largest absolute Gasteiger partial charge is 0.338 e. The van der Waals surface area contributed by atoms with Crippen LogP contribution in [0.1, 0.15) is 19.4 Å². The fourth-order valence-electron chi connectivity index (χ4n) is 2.63. The zero-order chi connectivity index (χ0) is 18.0. The summed E-state index contributed by atoms with van der Waals surface area (Å²) in [5.74, 6) is 0.827. The number of aromatic nitrogens is 3. The number of carbonyl (C=O) groups excluding carboxylic acids is 1. The van der Waals surface area contributed by atoms with Gasteiger partial charge >= 0.3 is 6.03 Å². The Kier molecular flexibility index (Phi) is 4.44. The molecule has 0 unspecified atom stereocenters. The molecule has 0 saturated heterocycles. The maximum atomic E-state index is 11.8. The summed E-state index contributed by atoms with van der Waals surface area (Å²) in [4.78, 5) is 25.4. The highest BCUT2D eigenvalue weighted by molar-refractivity contribution is 5.80. The molecule has 0 spiro atoms. The zero-order valence-corrected chi connectivity index (χ0v) is 15.0. The van der Waals surface area contributed by atoms with Crippen molar-refractivity contribution in [1.29, 1.82) is 0 Å². The third kappa shape index (κ3) is 3.63. The number of hydrogen-bond acceptors (Lipinski definition) is 3. The zero-order valence-electron chi connectivity index (χ0n) is 15.0. The van der Waals surface area contributed by atoms with Crippen LogP contribution in [0.3, 0.4) is 0 Å². The van der Waals surface area contributed by atoms with Crippen LogP contribution in [-0.4, -0.2) is 46.5 Å². The molecule has 3 rings (SSSR count). The molecule has 6 nitrogen and oxygen atoms in total. The van der Waals surface area contributed by atoms with Gasteiger partial charge in [0.15, 0.2) is 0 Å². The van der Waals surface area contributed by atoms with Gasteiger partial charge in [-0.1, -0.05) is 19.9 Å². The van der Waals surface area contributed by atoms with E-state index in [0.29, 0.717) is 6.54 Å². The number of nitrogens with zero attached hydrogens (tertiary/aromatic N) is 3. The van der Waals surface area contributed by atoms with Crippen molar-refractivity contribution in [3.05, 3.63) is 48.3 Å². The lowest BCUT2D eigenvalue weighted by Gasteiger charge is -2.26. The minimum Gasteiger partial charge on any atom is -0.338 e. The summed E-state index contributed by atoms with van der Waals surface area (Å²) in [7, 11) is 3.47. The second-order valence-corrected chi connectivity index (χ2v) is 6.99. The number of benzene rings is 1. The van der Waals surface area contributed by atoms with E-state index < -0.39 is 0 Å². The minimum atomic E-state index is -0.193. The molecule has 0 bridgehead atoms. The molecule has 0 aliphatic carbocycles. The van der Waals surface area contributed by atoms with Crippen molar-refractivity contribution < 1.29 is 4.79 Å². The van der Waals surface area contributed by atoms with Crippen LogP contribution >= 0.6 is 0 Å². The van der Waals surface area contributed by atoms with Crippen LogP contribution in [0.15, 0.2) is 42.7 Å². The van der Waals surface area contributed by atoms with E-state index in [1.165, 1.54) is 4.90 Å². The van der Waals surface area contributed by atoms with Crippen LogP contribution < -0.4 is 5.32 Å². The third-order valence-electron chi connectivity index (χ3n) is 4.30. The topological polar surface area (TPSA) is 73.9 Å². The van der Waals surface area contributed by atoms with Crippen molar-refractivity contribution in [2.45, 2.75) is 19.3 Å². The Morgan fingerprint density at radius 3 is 2.60 bits per heavy atom. The van der Waals surface area contributed by atoms with Gasteiger partial charge < -0.3 is 15.2 Å². The van der Waals surface area contributed by atoms with Crippen LogP contribution in [0.4, 0.5) is 4.79 Å². The number of aromatic amines is 1. The van der Waals surface area contributed by atoms with Crippen molar-refractivity contribution >= 4 is 17.1 Å². The van der Waals surface area contributed by atoms with Gasteiger partial charge in [-0.2, -0.15) is 0 Å². The van der Waals surface area contributed by atoms with Crippen LogP contribution in [0.2, 0.25) is 0 Å². The Balaban J connectivity index is 1.86. The third-order valence-corrected chi connectivity index (χ3v) is 4.30. The van der Waals surface area contributed by atoms with Gasteiger partial charge in [0.25, 0.3) is 0 Å². The lowest BCUT2D eigenvalue weighted by Crippen LogP contribution is -2.41. The predicted molar refractivity (Wildman–Crippen MR) is 99.4 cm³/mol. The number of carbonyl (C=O) groups is 1. The highest BCUT2D eigenvalue weighted by Gasteiger charge is 2.22. The summed E-state index contributed by atoms with van der Waals surface area (Å²) in [5, 5.41) is 2.95. The van der Waals surface area contributed by atoms with E-state index >= 15 is 0 Å². The van der Waals surface area contributed by atoms with Gasteiger partial charge in [0.1, 0.15) is 5.82 Å². The van der Waals surface area contributed by atoms with Gasteiger partial charge in [-0.25, -0.2) is 9.78 Å². The van der Waals surface area contributed by atoms with Crippen LogP contribution in [0, 0.1) is 0 Å². The van der Waals surface area contributed by atoms with Crippen molar-refractivity contribution in [3.8, 4) is 11.4 Å². The maximum absolute atomic E-state index is 11.8. The van der Waals surface area contributed by atoms with Gasteiger partial charge in [0.2, 0.25) is 0 Å². The summed E-state index contributed by atoms with van der Waals surface area (Å²) >= 11 is 0. The lowest BCUT2D eigenvalue weighted by molar-refractivity contribution is 0.215. The number of amides is 2. The first-order chi connectivity index (χ1) is 11.9. The van der Waals surface area contributed by atoms with Crippen LogP contribution in [0.5, 0.6) is 0 Å². The number of urea groups is 1. The van der Waals surface area contributed by atoms with Gasteiger partial charge in [0.05, 0.1) is 11.0 Å². The van der Waals surface area contributed by atoms with E-state index in [2.05, 4.69) is 46.2 Å². The molecule has 2 aromatic heterocycles. The maximum Gasteiger partial charge on any atom is 0.316 e. The van der Waals surface area contributed by atoms with Gasteiger partial charge in [0, 0.05) is 44.0 Å². The molecule has 0 aliphatic rings. The molecule has 130 valence electrons. The Morgan fingerprint density at radius 2 is 1.92 bits per heavy atom. The van der Waals surface area contributed by atoms with Gasteiger partial charge in [-0.05, 0) is 29.8 Å². The van der Waals surface area contributed by atoms with E-state index in [1.54, 1.807) is 26.5 Å². The number of imidazole rings is 1. The molecule has 2 amide bonds. The highest BCUT2D eigenvalue weighted by Crippen LogP contribution is 2.27. The monoisotopic (exact) mass is 337 g/mol. The van der Waals surface area contributed by atoms with Crippen LogP contribution in [0.25, 0.3) is 22.4 Å². The number of H-pyrrole nitrogens is 1. The van der Waals surface area contributed by atoms with Crippen molar-refractivity contribution in [1.82, 2.24) is 25.2 Å². The first-order valence-corrected chi connectivity index (χ1v) is 8.22. The molecular formula is C19H23N5O. The standard InChI is InChI=1S/C19H23N5O/c1-19(2,12-21-18(25)24(3)4)14-5-6-15-16(11-14)23-17(22-15)13-7-9-20-10-8-13/h5-11H,12H2,1-4H3,(H,21,25)(H,22,23). The van der Waals surface area contributed by atoms with Gasteiger partial charge in [-0.3, -0.25) is 4.98 Å². The van der Waals surface area contributed by atoms with Gasteiger partial charge in [-0.15, -0.1) is 0 Å². The molecule has 0 radical (unpaired) electrons. The molecule has 0 aliphatic heterocycles. The Hall–Kier alpha value is -2.89. The fourth-order valence-corrected chi connectivity index (χ4v) is 2.63. The normalized spacial score (nSPS) is 11.5. The smallest absolute Gasteiger partial charge is 0.316 e. The Bertz CT molecular complexity index is 883. The average molecular weight is 337 g/mol. The van der Waals surface area contributed by atoms with E-state index in [4.69, 9.17) is 0 Å². The molecule has 0 saturated carbocycles. The van der Waals surface area contributed by atoms with Crippen molar-refractivity contribution in [2.75, 3.05) is 20.6 Å². The molecule has 6 heteroatoms. The lowest BCUT2D eigenvalue weighted by atomic mass is 9.84. The first-order valence-electron chi connectivity index (χ1n) is 8.22. The number of hydrogen-bond donors (Lipinski definition) is 2. The van der Waals surface area contributed by atoms with E-state index in [-0.39, 0.29) is 11.4 Å². The first kappa shape index (κ1) is 17.0. The van der Waals surface area contributed by atoms with E-state index in [0.717, 1.165) is 28.0 Å². The SMILES string of the molecule is CN(C)C(=O)NCC(C)(C)c1ccc2nc(-c3ccncc3)[nH]c2c1. The molecule has 1 aromatic carbocycles. The summed E-state index contributed by atoms with van der Waals surface area (Å²) in [5.41, 5.74) is 3.86. The highest BCUT2D eigenvalue weighted by atomic mass is 16.2. The number of pyridine rings is 1. The molecule has 0 atom stereocenters. The van der Waals surface area contributed by atoms with Crippen molar-refractivity contribution in [3.63, 3.8) is 0 Å². The minimum absolute atomic E-state index is 0.0873. The molecular weight excluding hydrogens is 314 g/mol. The molecule has 0 fully saturated rings. The quantitative estimate of drug-likeness (QED) is 0.768. The number of nitrogens with one attached hydrogen (secondary N) is 2. The number of fused-ring (bicyclic) bond motifs is 1. The molecule has 3 aromatic rings. The van der Waals surface area contributed by atoms with Crippen LogP contribution in [-0.2, 0) is 5.41 Å². The van der Waals surface area contributed by atoms with E-state index in [1.807, 2.05) is 18.2 Å². The molecule has 2 heterocycles. The second-order valence-electron chi connectivity index (χ2n) is 6.99. The summed E-state index contributed by atoms with van der Waals surface area (Å²) in [6, 6.07) is 9.96. The summed E-state index contributed by atoms with van der Waals surface area (Å²) in [6.45, 7) is 4.79. The fraction of sp³-hybridized carbons (Fsp3) is 0.316. The Labute approximate surface area is 147 Å². The average Bonchev–Trinajstić information content (AvgIpc) is 3.03. The summed E-state index contributed by atoms with van der Waals surface area (Å²) in [6.07, 6.45) is 3.51. The molecule has 25 heavy (non-hydrogen) atoms. The second kappa shape index (κ2) is 6.55. The number of rotatable bonds is 4. The summed E-state index contributed by atoms with van der Waals surface area (Å²) < 4.78 is 0. The predicted octanol–water partition coefficient (Wildman–Crippen LogP) is 3.17.